The summed E-state index contributed by atoms with van der Waals surface area (Å²) in [5.74, 6) is -0.135. The van der Waals surface area contributed by atoms with Gasteiger partial charge in [0, 0.05) is 15.8 Å². The van der Waals surface area contributed by atoms with E-state index in [1.165, 1.54) is 22.2 Å². The maximum atomic E-state index is 13.5. The summed E-state index contributed by atoms with van der Waals surface area (Å²) < 4.78 is 20.9. The van der Waals surface area contributed by atoms with Gasteiger partial charge in [0.05, 0.1) is 11.3 Å². The second kappa shape index (κ2) is 5.54. The van der Waals surface area contributed by atoms with Crippen LogP contribution in [0.25, 0.3) is 21.2 Å². The van der Waals surface area contributed by atoms with Gasteiger partial charge >= 0.3 is 0 Å². The van der Waals surface area contributed by atoms with Gasteiger partial charge in [-0.1, -0.05) is 6.07 Å². The molecule has 0 aliphatic carbocycles. The largest absolute Gasteiger partial charge is 0.482 e. The number of halogens is 1. The summed E-state index contributed by atoms with van der Waals surface area (Å²) in [5, 5.41) is 5.99. The van der Waals surface area contributed by atoms with E-state index in [9.17, 15) is 9.18 Å². The monoisotopic (exact) mass is 377 g/mol. The average Bonchev–Trinajstić information content (AvgIpc) is 3.28. The quantitative estimate of drug-likeness (QED) is 0.561. The Bertz CT molecular complexity index is 1190. The van der Waals surface area contributed by atoms with Crippen molar-refractivity contribution < 1.29 is 13.9 Å². The van der Waals surface area contributed by atoms with E-state index in [0.29, 0.717) is 22.6 Å². The lowest BCUT2D eigenvalue weighted by atomic mass is 9.91. The fraction of sp³-hybridized carbons (Fsp3) is 0.136. The molecule has 2 aliphatic rings. The number of hydrogen-bond donors (Lipinski definition) is 1. The Morgan fingerprint density at radius 3 is 2.81 bits per heavy atom. The van der Waals surface area contributed by atoms with Crippen molar-refractivity contribution in [3.05, 3.63) is 76.6 Å². The van der Waals surface area contributed by atoms with Gasteiger partial charge in [0.1, 0.15) is 17.2 Å². The highest BCUT2D eigenvalue weighted by Gasteiger charge is 2.38. The first kappa shape index (κ1) is 16.3. The number of ether oxygens (including phenoxy) is 1. The van der Waals surface area contributed by atoms with Gasteiger partial charge in [0.15, 0.2) is 0 Å². The van der Waals surface area contributed by atoms with Gasteiger partial charge in [-0.15, -0.1) is 11.3 Å². The van der Waals surface area contributed by atoms with Gasteiger partial charge in [0.2, 0.25) is 0 Å². The normalized spacial score (nSPS) is 20.4. The summed E-state index contributed by atoms with van der Waals surface area (Å²) in [6.45, 7) is 3.98. The molecule has 2 aromatic carbocycles. The second-order valence-corrected chi connectivity index (χ2v) is 8.17. The summed E-state index contributed by atoms with van der Waals surface area (Å²) in [5.41, 5.74) is 3.10. The van der Waals surface area contributed by atoms with Crippen LogP contribution in [0.3, 0.4) is 0 Å². The van der Waals surface area contributed by atoms with Crippen molar-refractivity contribution in [1.29, 1.82) is 0 Å². The van der Waals surface area contributed by atoms with Crippen molar-refractivity contribution in [3.8, 4) is 0 Å². The number of hydrogen-bond acceptors (Lipinski definition) is 3. The van der Waals surface area contributed by atoms with Gasteiger partial charge < -0.3 is 10.1 Å². The van der Waals surface area contributed by atoms with Crippen molar-refractivity contribution in [1.82, 2.24) is 0 Å². The Labute approximate surface area is 159 Å². The topological polar surface area (TPSA) is 38.3 Å². The highest BCUT2D eigenvalue weighted by Crippen LogP contribution is 2.45. The van der Waals surface area contributed by atoms with Gasteiger partial charge in [-0.25, -0.2) is 4.39 Å². The number of nitrogens with one attached hydrogen (secondary N) is 1. The molecule has 5 rings (SSSR count). The number of allylic oxidation sites excluding steroid dienone is 1. The molecule has 1 N–H and O–H groups in total. The molecule has 5 heteroatoms. The van der Waals surface area contributed by atoms with E-state index in [4.69, 9.17) is 4.74 Å². The SMILES string of the molecule is CC1(C)O/C(=C2/C(=O)Nc3cc(F)ccc32)C=C1c1ccc2sccc2c1. The Morgan fingerprint density at radius 2 is 1.96 bits per heavy atom. The van der Waals surface area contributed by atoms with Crippen LogP contribution in [-0.4, -0.2) is 11.5 Å². The number of benzene rings is 2. The average molecular weight is 377 g/mol. The molecule has 1 amide bonds. The molecule has 3 nitrogen and oxygen atoms in total. The van der Waals surface area contributed by atoms with E-state index in [1.54, 1.807) is 17.4 Å². The molecule has 0 radical (unpaired) electrons. The van der Waals surface area contributed by atoms with Crippen molar-refractivity contribution >= 4 is 44.2 Å². The lowest BCUT2D eigenvalue weighted by Crippen LogP contribution is -2.21. The van der Waals surface area contributed by atoms with E-state index in [1.807, 2.05) is 19.9 Å². The summed E-state index contributed by atoms with van der Waals surface area (Å²) >= 11 is 1.71. The highest BCUT2D eigenvalue weighted by molar-refractivity contribution is 7.17. The smallest absolute Gasteiger partial charge is 0.260 e. The first-order chi connectivity index (χ1) is 12.9. The molecule has 0 bridgehead atoms. The van der Waals surface area contributed by atoms with Crippen LogP contribution in [0.15, 0.2) is 59.7 Å². The van der Waals surface area contributed by atoms with Gasteiger partial charge in [-0.05, 0) is 72.7 Å². The molecule has 134 valence electrons. The third-order valence-electron chi connectivity index (χ3n) is 5.03. The fourth-order valence-electron chi connectivity index (χ4n) is 3.74. The number of carbonyl (C=O) groups is 1. The summed E-state index contributed by atoms with van der Waals surface area (Å²) in [6.07, 6.45) is 1.93. The van der Waals surface area contributed by atoms with Crippen LogP contribution < -0.4 is 5.32 Å². The van der Waals surface area contributed by atoms with Gasteiger partial charge in [0.25, 0.3) is 5.91 Å². The Kier molecular flexibility index (Phi) is 3.34. The molecule has 0 saturated carbocycles. The molecule has 2 aliphatic heterocycles. The zero-order chi connectivity index (χ0) is 18.8. The molecule has 0 atom stereocenters. The third-order valence-corrected chi connectivity index (χ3v) is 5.92. The van der Waals surface area contributed by atoms with Crippen LogP contribution in [-0.2, 0) is 9.53 Å². The van der Waals surface area contributed by atoms with Gasteiger partial charge in [-0.2, -0.15) is 0 Å². The molecule has 0 unspecified atom stereocenters. The lowest BCUT2D eigenvalue weighted by Gasteiger charge is -2.23. The maximum Gasteiger partial charge on any atom is 0.260 e. The van der Waals surface area contributed by atoms with E-state index < -0.39 is 5.60 Å². The van der Waals surface area contributed by atoms with Crippen LogP contribution >= 0.6 is 11.3 Å². The number of fused-ring (bicyclic) bond motifs is 2. The van der Waals surface area contributed by atoms with E-state index in [2.05, 4.69) is 35.0 Å². The minimum absolute atomic E-state index is 0.271. The minimum Gasteiger partial charge on any atom is -0.482 e. The Morgan fingerprint density at radius 1 is 1.11 bits per heavy atom. The zero-order valence-corrected chi connectivity index (χ0v) is 15.6. The number of rotatable bonds is 1. The number of amides is 1. The standard InChI is InChI=1S/C22H16FNO2S/c1-22(2)16(12-3-6-19-13(9-12)7-8-27-19)11-18(26-22)20-15-5-4-14(23)10-17(15)24-21(20)25/h3-11H,1-2H3,(H,24,25)/b20-18+. The van der Waals surface area contributed by atoms with Crippen LogP contribution in [0, 0.1) is 5.82 Å². The Balaban J connectivity index is 1.67. The molecule has 1 aromatic heterocycles. The third kappa shape index (κ3) is 2.50. The molecule has 0 spiro atoms. The van der Waals surface area contributed by atoms with E-state index >= 15 is 0 Å². The van der Waals surface area contributed by atoms with Gasteiger partial charge in [-0.3, -0.25) is 4.79 Å². The van der Waals surface area contributed by atoms with Crippen LogP contribution in [0.2, 0.25) is 0 Å². The predicted octanol–water partition coefficient (Wildman–Crippen LogP) is 5.60. The number of anilines is 1. The fourth-order valence-corrected chi connectivity index (χ4v) is 4.51. The Hall–Kier alpha value is -2.92. The zero-order valence-electron chi connectivity index (χ0n) is 14.8. The molecule has 0 fully saturated rings. The minimum atomic E-state index is -0.574. The van der Waals surface area contributed by atoms with Crippen LogP contribution in [0.1, 0.15) is 25.0 Å². The predicted molar refractivity (Wildman–Crippen MR) is 107 cm³/mol. The lowest BCUT2D eigenvalue weighted by molar-refractivity contribution is -0.111. The summed E-state index contributed by atoms with van der Waals surface area (Å²) in [6, 6.07) is 12.7. The van der Waals surface area contributed by atoms with Crippen molar-refractivity contribution in [3.63, 3.8) is 0 Å². The van der Waals surface area contributed by atoms with Crippen molar-refractivity contribution in [2.45, 2.75) is 19.4 Å². The van der Waals surface area contributed by atoms with Crippen molar-refractivity contribution in [2.24, 2.45) is 0 Å². The van der Waals surface area contributed by atoms with E-state index in [-0.39, 0.29) is 11.7 Å². The maximum absolute atomic E-state index is 13.5. The molecular formula is C22H16FNO2S. The molecule has 0 saturated heterocycles. The molecule has 3 heterocycles. The highest BCUT2D eigenvalue weighted by atomic mass is 32.1. The number of thiophene rings is 1. The second-order valence-electron chi connectivity index (χ2n) is 7.23. The summed E-state index contributed by atoms with van der Waals surface area (Å²) in [7, 11) is 0. The molecule has 3 aromatic rings. The van der Waals surface area contributed by atoms with E-state index in [0.717, 1.165) is 11.1 Å². The number of carbonyl (C=O) groups excluding carboxylic acids is 1. The first-order valence-electron chi connectivity index (χ1n) is 8.67. The van der Waals surface area contributed by atoms with Crippen LogP contribution in [0.4, 0.5) is 10.1 Å². The molecule has 27 heavy (non-hydrogen) atoms. The summed E-state index contributed by atoms with van der Waals surface area (Å²) in [4.78, 5) is 12.5. The van der Waals surface area contributed by atoms with Crippen molar-refractivity contribution in [2.75, 3.05) is 5.32 Å². The molecular weight excluding hydrogens is 361 g/mol. The first-order valence-corrected chi connectivity index (χ1v) is 9.55. The van der Waals surface area contributed by atoms with Crippen LogP contribution in [0.5, 0.6) is 0 Å².